The highest BCUT2D eigenvalue weighted by Crippen LogP contribution is 2.38. The number of aromatic nitrogens is 5. The van der Waals surface area contributed by atoms with E-state index in [4.69, 9.17) is 15.8 Å². The summed E-state index contributed by atoms with van der Waals surface area (Å²) in [4.78, 5) is 14.6. The van der Waals surface area contributed by atoms with Crippen LogP contribution in [0, 0.1) is 0 Å². The summed E-state index contributed by atoms with van der Waals surface area (Å²) in [5.41, 5.74) is 10.4. The van der Waals surface area contributed by atoms with E-state index in [1.807, 2.05) is 35.0 Å². The molecular weight excluding hydrogens is 396 g/mol. The van der Waals surface area contributed by atoms with Crippen LogP contribution in [-0.2, 0) is 0 Å². The predicted molar refractivity (Wildman–Crippen MR) is 118 cm³/mol. The minimum atomic E-state index is -0.280. The molecule has 1 fully saturated rings. The van der Waals surface area contributed by atoms with Crippen LogP contribution in [0.3, 0.4) is 0 Å². The van der Waals surface area contributed by atoms with Gasteiger partial charge in [0.1, 0.15) is 17.8 Å². The van der Waals surface area contributed by atoms with Crippen LogP contribution in [0.4, 0.5) is 5.82 Å². The monoisotopic (exact) mass is 414 g/mol. The zero-order valence-corrected chi connectivity index (χ0v) is 16.8. The number of rotatable bonds is 3. The van der Waals surface area contributed by atoms with Crippen molar-refractivity contribution in [3.63, 3.8) is 0 Å². The normalized spacial score (nSPS) is 18.7. The topological polar surface area (TPSA) is 103 Å². The zero-order chi connectivity index (χ0) is 20.2. The van der Waals surface area contributed by atoms with Gasteiger partial charge in [0.2, 0.25) is 0 Å². The first-order valence-electron chi connectivity index (χ1n) is 9.79. The van der Waals surface area contributed by atoms with E-state index >= 15 is 0 Å². The fourth-order valence-electron chi connectivity index (χ4n) is 4.04. The van der Waals surface area contributed by atoms with Crippen LogP contribution in [0.2, 0.25) is 0 Å². The molecule has 1 aliphatic rings. The summed E-state index contributed by atoms with van der Waals surface area (Å²) < 4.78 is 1.88. The Morgan fingerprint density at radius 2 is 1.97 bits per heavy atom. The second kappa shape index (κ2) is 6.58. The lowest BCUT2D eigenvalue weighted by Crippen LogP contribution is -2.31. The van der Waals surface area contributed by atoms with Crippen molar-refractivity contribution in [3.05, 3.63) is 54.2 Å². The van der Waals surface area contributed by atoms with Crippen LogP contribution < -0.4 is 5.73 Å². The Kier molecular flexibility index (Phi) is 3.84. The first kappa shape index (κ1) is 17.5. The minimum absolute atomic E-state index is 0.120. The molecule has 148 valence electrons. The van der Waals surface area contributed by atoms with Crippen LogP contribution >= 0.6 is 11.3 Å². The van der Waals surface area contributed by atoms with E-state index in [0.29, 0.717) is 24.3 Å². The van der Waals surface area contributed by atoms with E-state index in [1.54, 1.807) is 11.3 Å². The lowest BCUT2D eigenvalue weighted by atomic mass is 9.90. The van der Waals surface area contributed by atoms with Crippen LogP contribution in [0.1, 0.15) is 18.9 Å². The molecule has 6 rings (SSSR count). The number of anilines is 1. The largest absolute Gasteiger partial charge is 0.393 e. The van der Waals surface area contributed by atoms with Gasteiger partial charge in [0.15, 0.2) is 5.65 Å². The number of nitrogens with zero attached hydrogens (tertiary/aromatic N) is 5. The SMILES string of the molecule is Nc1ncnc2c1c(-c1ccc3ccc(-c4cccs4)nc3c1)nn2C1CC(O)C1. The number of aliphatic hydroxyl groups is 1. The molecule has 0 bridgehead atoms. The number of hydrogen-bond donors (Lipinski definition) is 2. The summed E-state index contributed by atoms with van der Waals surface area (Å²) in [5.74, 6) is 0.404. The Hall–Kier alpha value is -3.36. The van der Waals surface area contributed by atoms with E-state index in [0.717, 1.165) is 38.1 Å². The quantitative estimate of drug-likeness (QED) is 0.462. The average molecular weight is 414 g/mol. The predicted octanol–water partition coefficient (Wildman–Crippen LogP) is 4.05. The molecule has 4 aromatic heterocycles. The maximum absolute atomic E-state index is 9.75. The number of fused-ring (bicyclic) bond motifs is 2. The van der Waals surface area contributed by atoms with Crippen molar-refractivity contribution < 1.29 is 5.11 Å². The summed E-state index contributed by atoms with van der Waals surface area (Å²) in [5, 5.41) is 18.5. The van der Waals surface area contributed by atoms with Gasteiger partial charge in [-0.15, -0.1) is 11.3 Å². The smallest absolute Gasteiger partial charge is 0.164 e. The first-order chi connectivity index (χ1) is 14.7. The summed E-state index contributed by atoms with van der Waals surface area (Å²) >= 11 is 1.67. The van der Waals surface area contributed by atoms with Crippen molar-refractivity contribution in [1.29, 1.82) is 0 Å². The van der Waals surface area contributed by atoms with E-state index < -0.39 is 0 Å². The molecule has 30 heavy (non-hydrogen) atoms. The van der Waals surface area contributed by atoms with Crippen LogP contribution in [-0.4, -0.2) is 35.9 Å². The van der Waals surface area contributed by atoms with Gasteiger partial charge >= 0.3 is 0 Å². The lowest BCUT2D eigenvalue weighted by molar-refractivity contribution is 0.0452. The standard InChI is InChI=1S/C22H18N6OS/c23-21-19-20(27-28(14-9-15(29)10-14)22(19)25-11-24-21)13-4-3-12-5-6-16(26-17(12)8-13)18-2-1-7-30-18/h1-8,11,14-15,29H,9-10H2,(H2,23,24,25). The van der Waals surface area contributed by atoms with Gasteiger partial charge in [0.25, 0.3) is 0 Å². The molecule has 0 unspecified atom stereocenters. The molecule has 4 heterocycles. The Bertz CT molecular complexity index is 1390. The van der Waals surface area contributed by atoms with Crippen LogP contribution in [0.25, 0.3) is 43.8 Å². The molecule has 0 atom stereocenters. The van der Waals surface area contributed by atoms with Crippen molar-refractivity contribution in [2.24, 2.45) is 0 Å². The summed E-state index contributed by atoms with van der Waals surface area (Å²) in [6, 6.07) is 14.5. The van der Waals surface area contributed by atoms with Crippen LogP contribution in [0.15, 0.2) is 54.2 Å². The molecule has 3 N–H and O–H groups in total. The fourth-order valence-corrected chi connectivity index (χ4v) is 4.73. The van der Waals surface area contributed by atoms with E-state index in [1.165, 1.54) is 6.33 Å². The van der Waals surface area contributed by atoms with Gasteiger partial charge in [-0.3, -0.25) is 0 Å². The maximum Gasteiger partial charge on any atom is 0.164 e. The van der Waals surface area contributed by atoms with Gasteiger partial charge in [0.05, 0.1) is 33.6 Å². The second-order valence-electron chi connectivity index (χ2n) is 7.61. The molecule has 1 aliphatic carbocycles. The van der Waals surface area contributed by atoms with Crippen molar-refractivity contribution in [2.45, 2.75) is 25.0 Å². The average Bonchev–Trinajstić information content (AvgIpc) is 3.40. The zero-order valence-electron chi connectivity index (χ0n) is 15.9. The highest BCUT2D eigenvalue weighted by atomic mass is 32.1. The van der Waals surface area contributed by atoms with E-state index in [-0.39, 0.29) is 12.1 Å². The van der Waals surface area contributed by atoms with Gasteiger partial charge in [-0.25, -0.2) is 19.6 Å². The number of nitrogens with two attached hydrogens (primary N) is 1. The molecule has 0 amide bonds. The highest BCUT2D eigenvalue weighted by molar-refractivity contribution is 7.13. The Morgan fingerprint density at radius 3 is 2.77 bits per heavy atom. The molecule has 5 aromatic rings. The molecule has 8 heteroatoms. The maximum atomic E-state index is 9.75. The van der Waals surface area contributed by atoms with Gasteiger partial charge in [0, 0.05) is 10.9 Å². The fraction of sp³-hybridized carbons (Fsp3) is 0.182. The number of aliphatic hydroxyl groups excluding tert-OH is 1. The number of nitrogen functional groups attached to an aromatic ring is 1. The number of hydrogen-bond acceptors (Lipinski definition) is 7. The number of pyridine rings is 1. The first-order valence-corrected chi connectivity index (χ1v) is 10.7. The van der Waals surface area contributed by atoms with Crippen molar-refractivity contribution in [1.82, 2.24) is 24.7 Å². The third kappa shape index (κ3) is 2.68. The van der Waals surface area contributed by atoms with Crippen molar-refractivity contribution in [2.75, 3.05) is 5.73 Å². The van der Waals surface area contributed by atoms with Crippen molar-refractivity contribution >= 4 is 39.1 Å². The molecule has 0 spiro atoms. The molecule has 1 saturated carbocycles. The summed E-state index contributed by atoms with van der Waals surface area (Å²) in [6.07, 6.45) is 2.52. The summed E-state index contributed by atoms with van der Waals surface area (Å²) in [6.45, 7) is 0. The minimum Gasteiger partial charge on any atom is -0.393 e. The molecule has 0 radical (unpaired) electrons. The van der Waals surface area contributed by atoms with E-state index in [2.05, 4.69) is 27.5 Å². The molecular formula is C22H18N6OS. The molecule has 1 aromatic carbocycles. The second-order valence-corrected chi connectivity index (χ2v) is 8.56. The van der Waals surface area contributed by atoms with Crippen molar-refractivity contribution in [3.8, 4) is 21.8 Å². The number of thiophene rings is 1. The van der Waals surface area contributed by atoms with Crippen LogP contribution in [0.5, 0.6) is 0 Å². The Morgan fingerprint density at radius 1 is 1.10 bits per heavy atom. The molecule has 0 aliphatic heterocycles. The Labute approximate surface area is 175 Å². The van der Waals surface area contributed by atoms with E-state index in [9.17, 15) is 5.11 Å². The molecule has 7 nitrogen and oxygen atoms in total. The summed E-state index contributed by atoms with van der Waals surface area (Å²) in [7, 11) is 0. The Balaban J connectivity index is 1.53. The third-order valence-electron chi connectivity index (χ3n) is 5.69. The molecule has 0 saturated heterocycles. The van der Waals surface area contributed by atoms with Gasteiger partial charge in [-0.1, -0.05) is 24.3 Å². The highest BCUT2D eigenvalue weighted by Gasteiger charge is 2.32. The van der Waals surface area contributed by atoms with Gasteiger partial charge < -0.3 is 10.8 Å². The van der Waals surface area contributed by atoms with Gasteiger partial charge in [-0.05, 0) is 36.4 Å². The third-order valence-corrected chi connectivity index (χ3v) is 6.58. The van der Waals surface area contributed by atoms with Gasteiger partial charge in [-0.2, -0.15) is 5.10 Å². The lowest BCUT2D eigenvalue weighted by Gasteiger charge is -2.31. The number of benzene rings is 1.